The van der Waals surface area contributed by atoms with E-state index < -0.39 is 25.3 Å². The number of aliphatic hydroxyl groups excluding tert-OH is 1. The standard InChI is InChI=1S/C12H16BNO5.C11H16BNO4/c1-2-3-7-18-10-6-4-5-9-11(8-14(16)17)19-13(15)12(9)10;13-7-10-8-3-1-4-9(16-6-2-5-14)11(8)12(15)17-10/h4-6,11,15H,2-3,7-8H2,1H3;1,3-4,10,14-15H,2,5-7,13H2/t11-;10-/m00/s1. The molecule has 0 aliphatic carbocycles. The Morgan fingerprint density at radius 1 is 0.972 bits per heavy atom. The molecule has 0 amide bonds. The van der Waals surface area contributed by atoms with E-state index >= 15 is 0 Å². The summed E-state index contributed by atoms with van der Waals surface area (Å²) in [4.78, 5) is 10.1. The maximum atomic E-state index is 10.6. The van der Waals surface area contributed by atoms with Crippen LogP contribution in [-0.4, -0.2) is 67.2 Å². The molecule has 0 saturated heterocycles. The van der Waals surface area contributed by atoms with Crippen molar-refractivity contribution >= 4 is 25.2 Å². The Bertz CT molecular complexity index is 1010. The van der Waals surface area contributed by atoms with E-state index in [-0.39, 0.29) is 19.3 Å². The molecule has 2 aliphatic rings. The van der Waals surface area contributed by atoms with Crippen molar-refractivity contribution in [2.75, 3.05) is 32.9 Å². The molecule has 2 heterocycles. The van der Waals surface area contributed by atoms with Gasteiger partial charge in [-0.15, -0.1) is 0 Å². The number of nitrogens with zero attached hydrogens (tertiary/aromatic N) is 1. The summed E-state index contributed by atoms with van der Waals surface area (Å²) in [6.45, 7) is 3.07. The fourth-order valence-corrected chi connectivity index (χ4v) is 4.09. The lowest BCUT2D eigenvalue weighted by atomic mass is 9.78. The van der Waals surface area contributed by atoms with Crippen molar-refractivity contribution in [3.05, 3.63) is 57.6 Å². The first-order valence-corrected chi connectivity index (χ1v) is 12.0. The second-order valence-electron chi connectivity index (χ2n) is 8.35. The van der Waals surface area contributed by atoms with E-state index in [1.807, 2.05) is 12.1 Å². The predicted molar refractivity (Wildman–Crippen MR) is 134 cm³/mol. The van der Waals surface area contributed by atoms with Crippen molar-refractivity contribution in [3.8, 4) is 11.5 Å². The molecular weight excluding hydrogens is 470 g/mol. The molecule has 36 heavy (non-hydrogen) atoms. The van der Waals surface area contributed by atoms with Gasteiger partial charge in [-0.05, 0) is 29.7 Å². The molecule has 2 aromatic rings. The van der Waals surface area contributed by atoms with Gasteiger partial charge in [0.05, 0.1) is 19.3 Å². The SMILES string of the molecule is CCCCOc1cccc2c1B(O)O[C@H]2C[N+](=O)[O-].NC[C@@H]1OB(O)c2c(OCCCO)cccc21. The van der Waals surface area contributed by atoms with Crippen LogP contribution in [0.15, 0.2) is 36.4 Å². The van der Waals surface area contributed by atoms with E-state index in [0.717, 1.165) is 18.4 Å². The molecule has 2 atom stereocenters. The Labute approximate surface area is 210 Å². The van der Waals surface area contributed by atoms with Gasteiger partial charge in [-0.3, -0.25) is 10.1 Å². The van der Waals surface area contributed by atoms with E-state index in [1.54, 1.807) is 24.3 Å². The predicted octanol–water partition coefficient (Wildman–Crippen LogP) is 0.0663. The number of nitrogens with two attached hydrogens (primary N) is 1. The monoisotopic (exact) mass is 502 g/mol. The largest absolute Gasteiger partial charge is 0.496 e. The molecule has 4 rings (SSSR count). The van der Waals surface area contributed by atoms with Gasteiger partial charge in [-0.1, -0.05) is 37.6 Å². The Balaban J connectivity index is 0.000000202. The van der Waals surface area contributed by atoms with Crippen LogP contribution in [0.4, 0.5) is 0 Å². The van der Waals surface area contributed by atoms with Gasteiger partial charge in [0.25, 0.3) is 0 Å². The number of benzene rings is 2. The fraction of sp³-hybridized carbons (Fsp3) is 0.478. The number of ether oxygens (including phenoxy) is 2. The zero-order chi connectivity index (χ0) is 26.1. The quantitative estimate of drug-likeness (QED) is 0.143. The van der Waals surface area contributed by atoms with Crippen molar-refractivity contribution in [3.63, 3.8) is 0 Å². The maximum absolute atomic E-state index is 10.6. The fourth-order valence-electron chi connectivity index (χ4n) is 4.09. The van der Waals surface area contributed by atoms with Crippen LogP contribution in [0.2, 0.25) is 0 Å². The molecule has 13 heteroatoms. The molecule has 2 aromatic carbocycles. The van der Waals surface area contributed by atoms with Crippen LogP contribution in [0.3, 0.4) is 0 Å². The summed E-state index contributed by atoms with van der Waals surface area (Å²) >= 11 is 0. The minimum absolute atomic E-state index is 0.0828. The zero-order valence-corrected chi connectivity index (χ0v) is 20.2. The summed E-state index contributed by atoms with van der Waals surface area (Å²) in [5.74, 6) is 1.14. The molecule has 0 saturated carbocycles. The Morgan fingerprint density at radius 3 is 2.00 bits per heavy atom. The molecule has 0 aromatic heterocycles. The molecule has 2 aliphatic heterocycles. The molecule has 5 N–H and O–H groups in total. The minimum atomic E-state index is -1.15. The number of fused-ring (bicyclic) bond motifs is 2. The van der Waals surface area contributed by atoms with Crippen LogP contribution in [0.25, 0.3) is 0 Å². The number of unbranched alkanes of at least 4 members (excludes halogenated alkanes) is 1. The van der Waals surface area contributed by atoms with Crippen LogP contribution in [-0.2, 0) is 9.31 Å². The molecule has 11 nitrogen and oxygen atoms in total. The second kappa shape index (κ2) is 13.6. The van der Waals surface area contributed by atoms with Gasteiger partial charge in [-0.25, -0.2) is 0 Å². The lowest BCUT2D eigenvalue weighted by Crippen LogP contribution is -2.30. The molecule has 0 unspecified atom stereocenters. The highest BCUT2D eigenvalue weighted by molar-refractivity contribution is 6.63. The summed E-state index contributed by atoms with van der Waals surface area (Å²) in [6.07, 6.45) is 1.49. The lowest BCUT2D eigenvalue weighted by Gasteiger charge is -2.11. The van der Waals surface area contributed by atoms with Gasteiger partial charge in [0, 0.05) is 35.4 Å². The van der Waals surface area contributed by atoms with E-state index in [4.69, 9.17) is 29.6 Å². The van der Waals surface area contributed by atoms with E-state index in [0.29, 0.717) is 54.2 Å². The van der Waals surface area contributed by atoms with Gasteiger partial charge < -0.3 is 39.7 Å². The highest BCUT2D eigenvalue weighted by Crippen LogP contribution is 2.28. The van der Waals surface area contributed by atoms with Crippen molar-refractivity contribution in [1.29, 1.82) is 0 Å². The number of aliphatic hydroxyl groups is 1. The van der Waals surface area contributed by atoms with Crippen LogP contribution >= 0.6 is 0 Å². The van der Waals surface area contributed by atoms with Crippen LogP contribution < -0.4 is 26.1 Å². The molecule has 0 spiro atoms. The molecule has 0 radical (unpaired) electrons. The van der Waals surface area contributed by atoms with Gasteiger partial charge in [0.15, 0.2) is 0 Å². The average Bonchev–Trinajstić information content (AvgIpc) is 3.36. The van der Waals surface area contributed by atoms with Crippen molar-refractivity contribution < 1.29 is 38.9 Å². The van der Waals surface area contributed by atoms with Crippen LogP contribution in [0.5, 0.6) is 11.5 Å². The topological polar surface area (TPSA) is 167 Å². The third kappa shape index (κ3) is 6.75. The average molecular weight is 502 g/mol. The van der Waals surface area contributed by atoms with Crippen LogP contribution in [0, 0.1) is 10.1 Å². The first-order chi connectivity index (χ1) is 17.4. The van der Waals surface area contributed by atoms with Gasteiger partial charge in [0.2, 0.25) is 6.54 Å². The van der Waals surface area contributed by atoms with Crippen molar-refractivity contribution in [1.82, 2.24) is 0 Å². The number of hydrogen-bond acceptors (Lipinski definition) is 10. The third-order valence-electron chi connectivity index (χ3n) is 5.82. The van der Waals surface area contributed by atoms with Crippen LogP contribution in [0.1, 0.15) is 49.5 Å². The highest BCUT2D eigenvalue weighted by atomic mass is 16.6. The summed E-state index contributed by atoms with van der Waals surface area (Å²) in [5, 5.41) is 39.0. The third-order valence-corrected chi connectivity index (χ3v) is 5.82. The summed E-state index contributed by atoms with van der Waals surface area (Å²) in [6, 6.07) is 10.7. The Kier molecular flexibility index (Phi) is 10.5. The maximum Gasteiger partial charge on any atom is 0.496 e. The first-order valence-electron chi connectivity index (χ1n) is 12.0. The van der Waals surface area contributed by atoms with E-state index in [1.165, 1.54) is 0 Å². The van der Waals surface area contributed by atoms with Gasteiger partial charge >= 0.3 is 14.2 Å². The molecule has 0 bridgehead atoms. The molecule has 194 valence electrons. The number of nitro groups is 1. The second-order valence-corrected chi connectivity index (χ2v) is 8.35. The zero-order valence-electron chi connectivity index (χ0n) is 20.2. The number of hydrogen-bond donors (Lipinski definition) is 4. The van der Waals surface area contributed by atoms with E-state index in [2.05, 4.69) is 6.92 Å². The number of rotatable bonds is 11. The lowest BCUT2D eigenvalue weighted by molar-refractivity contribution is -0.490. The molecular formula is C23H32B2N2O9. The minimum Gasteiger partial charge on any atom is -0.494 e. The summed E-state index contributed by atoms with van der Waals surface area (Å²) in [7, 11) is -2.14. The van der Waals surface area contributed by atoms with Crippen molar-refractivity contribution in [2.45, 2.75) is 38.4 Å². The van der Waals surface area contributed by atoms with Gasteiger partial charge in [-0.2, -0.15) is 0 Å². The summed E-state index contributed by atoms with van der Waals surface area (Å²) in [5.41, 5.74) is 8.26. The Hall–Kier alpha value is -2.67. The van der Waals surface area contributed by atoms with E-state index in [9.17, 15) is 20.2 Å². The Morgan fingerprint density at radius 2 is 1.50 bits per heavy atom. The first kappa shape index (κ1) is 27.9. The summed E-state index contributed by atoms with van der Waals surface area (Å²) < 4.78 is 21.7. The normalized spacial score (nSPS) is 17.8. The van der Waals surface area contributed by atoms with Crippen molar-refractivity contribution in [2.24, 2.45) is 5.73 Å². The molecule has 0 fully saturated rings. The smallest absolute Gasteiger partial charge is 0.494 e. The highest BCUT2D eigenvalue weighted by Gasteiger charge is 2.40. The van der Waals surface area contributed by atoms with Gasteiger partial charge in [0.1, 0.15) is 17.6 Å².